The maximum Gasteiger partial charge on any atom is 0.262 e. The Labute approximate surface area is 168 Å². The van der Waals surface area contributed by atoms with Gasteiger partial charge in [-0.15, -0.1) is 11.3 Å². The molecule has 142 valence electrons. The van der Waals surface area contributed by atoms with Crippen LogP contribution in [0.25, 0.3) is 0 Å². The van der Waals surface area contributed by atoms with E-state index in [2.05, 4.69) is 5.10 Å². The molecule has 0 saturated carbocycles. The summed E-state index contributed by atoms with van der Waals surface area (Å²) in [5.41, 5.74) is 1.86. The van der Waals surface area contributed by atoms with Crippen molar-refractivity contribution in [3.8, 4) is 0 Å². The van der Waals surface area contributed by atoms with Crippen molar-refractivity contribution >= 4 is 40.5 Å². The van der Waals surface area contributed by atoms with E-state index >= 15 is 0 Å². The van der Waals surface area contributed by atoms with Crippen LogP contribution in [0.3, 0.4) is 0 Å². The van der Waals surface area contributed by atoms with E-state index in [1.165, 1.54) is 9.91 Å². The zero-order valence-electron chi connectivity index (χ0n) is 15.6. The normalized spacial score (nSPS) is 16.6. The van der Waals surface area contributed by atoms with Crippen LogP contribution in [0.5, 0.6) is 0 Å². The topological polar surface area (TPSA) is 53.0 Å². The summed E-state index contributed by atoms with van der Waals surface area (Å²) in [4.78, 5) is 27.6. The van der Waals surface area contributed by atoms with Crippen LogP contribution >= 0.6 is 22.9 Å². The fourth-order valence-corrected chi connectivity index (χ4v) is 3.92. The van der Waals surface area contributed by atoms with Gasteiger partial charge in [-0.2, -0.15) is 5.10 Å². The third-order valence-electron chi connectivity index (χ3n) is 4.47. The van der Waals surface area contributed by atoms with Crippen LogP contribution in [0, 0.1) is 5.92 Å². The smallest absolute Gasteiger partial charge is 0.262 e. The standard InChI is InChI=1S/C20H22ClN3O2S/c1-13(2)20(26)23(3)12-19(25)24-17(14-6-8-15(21)9-7-14)11-16(22-24)18-5-4-10-27-18/h4-10,13,17H,11-12H2,1-3H3. The lowest BCUT2D eigenvalue weighted by molar-refractivity contribution is -0.142. The third kappa shape index (κ3) is 4.39. The van der Waals surface area contributed by atoms with Crippen LogP contribution in [0.1, 0.15) is 36.8 Å². The van der Waals surface area contributed by atoms with Crippen molar-refractivity contribution < 1.29 is 9.59 Å². The first-order valence-electron chi connectivity index (χ1n) is 8.80. The molecule has 1 aromatic heterocycles. The van der Waals surface area contributed by atoms with Crippen molar-refractivity contribution in [1.82, 2.24) is 9.91 Å². The van der Waals surface area contributed by atoms with Gasteiger partial charge in [0.1, 0.15) is 6.54 Å². The van der Waals surface area contributed by atoms with Gasteiger partial charge in [0.25, 0.3) is 5.91 Å². The van der Waals surface area contributed by atoms with Crippen LogP contribution in [-0.4, -0.2) is 41.0 Å². The van der Waals surface area contributed by atoms with E-state index in [-0.39, 0.29) is 30.3 Å². The first-order chi connectivity index (χ1) is 12.9. The maximum absolute atomic E-state index is 13.0. The van der Waals surface area contributed by atoms with Crippen LogP contribution in [-0.2, 0) is 9.59 Å². The number of hydrogen-bond donors (Lipinski definition) is 0. The highest BCUT2D eigenvalue weighted by atomic mass is 35.5. The number of nitrogens with zero attached hydrogens (tertiary/aromatic N) is 3. The molecule has 0 N–H and O–H groups in total. The Hall–Kier alpha value is -2.18. The van der Waals surface area contributed by atoms with Crippen LogP contribution in [0.4, 0.5) is 0 Å². The van der Waals surface area contributed by atoms with Crippen molar-refractivity contribution in [2.75, 3.05) is 13.6 Å². The van der Waals surface area contributed by atoms with Gasteiger partial charge in [0.15, 0.2) is 0 Å². The highest BCUT2D eigenvalue weighted by Gasteiger charge is 2.34. The minimum absolute atomic E-state index is 0.00231. The molecular formula is C20H22ClN3O2S. The second-order valence-electron chi connectivity index (χ2n) is 6.88. The highest BCUT2D eigenvalue weighted by Crippen LogP contribution is 2.34. The first-order valence-corrected chi connectivity index (χ1v) is 10.1. The van der Waals surface area contributed by atoms with Crippen molar-refractivity contribution in [2.45, 2.75) is 26.3 Å². The summed E-state index contributed by atoms with van der Waals surface area (Å²) >= 11 is 7.61. The molecule has 3 rings (SSSR count). The fraction of sp³-hybridized carbons (Fsp3) is 0.350. The molecule has 0 spiro atoms. The fourth-order valence-electron chi connectivity index (χ4n) is 3.07. The molecule has 1 aliphatic heterocycles. The number of hydrazone groups is 1. The number of amides is 2. The van der Waals surface area contributed by atoms with E-state index in [9.17, 15) is 9.59 Å². The van der Waals surface area contributed by atoms with Crippen molar-refractivity contribution in [3.05, 3.63) is 57.2 Å². The number of halogens is 1. The molecule has 2 aromatic rings. The zero-order chi connectivity index (χ0) is 19.6. The number of carbonyl (C=O) groups excluding carboxylic acids is 2. The van der Waals surface area contributed by atoms with Crippen molar-refractivity contribution in [3.63, 3.8) is 0 Å². The minimum atomic E-state index is -0.200. The Bertz CT molecular complexity index is 847. The van der Waals surface area contributed by atoms with Crippen LogP contribution < -0.4 is 0 Å². The number of rotatable bonds is 5. The predicted octanol–water partition coefficient (Wildman–Crippen LogP) is 4.19. The van der Waals surface area contributed by atoms with E-state index in [0.29, 0.717) is 11.4 Å². The van der Waals surface area contributed by atoms with Gasteiger partial charge in [-0.3, -0.25) is 9.59 Å². The second kappa shape index (κ2) is 8.23. The number of carbonyl (C=O) groups is 2. The van der Waals surface area contributed by atoms with Crippen LogP contribution in [0.15, 0.2) is 46.9 Å². The zero-order valence-corrected chi connectivity index (χ0v) is 17.1. The monoisotopic (exact) mass is 403 g/mol. The molecular weight excluding hydrogens is 382 g/mol. The summed E-state index contributed by atoms with van der Waals surface area (Å²) in [5, 5.41) is 8.77. The van der Waals surface area contributed by atoms with E-state index in [1.807, 2.05) is 55.6 Å². The average Bonchev–Trinajstić information content (AvgIpc) is 3.31. The summed E-state index contributed by atoms with van der Waals surface area (Å²) < 4.78 is 0. The lowest BCUT2D eigenvalue weighted by Crippen LogP contribution is -2.40. The van der Waals surface area contributed by atoms with Gasteiger partial charge in [0.05, 0.1) is 16.6 Å². The lowest BCUT2D eigenvalue weighted by Gasteiger charge is -2.25. The van der Waals surface area contributed by atoms with Gasteiger partial charge < -0.3 is 4.90 Å². The Morgan fingerprint density at radius 2 is 2.00 bits per heavy atom. The molecule has 5 nitrogen and oxygen atoms in total. The Morgan fingerprint density at radius 1 is 1.30 bits per heavy atom. The summed E-state index contributed by atoms with van der Waals surface area (Å²) in [6.45, 7) is 3.65. The van der Waals surface area contributed by atoms with Gasteiger partial charge in [-0.25, -0.2) is 5.01 Å². The highest BCUT2D eigenvalue weighted by molar-refractivity contribution is 7.12. The molecule has 1 aromatic carbocycles. The van der Waals surface area contributed by atoms with E-state index in [4.69, 9.17) is 11.6 Å². The molecule has 0 saturated heterocycles. The van der Waals surface area contributed by atoms with Gasteiger partial charge in [-0.1, -0.05) is 43.6 Å². The van der Waals surface area contributed by atoms with Gasteiger partial charge >= 0.3 is 0 Å². The first kappa shape index (κ1) is 19.6. The molecule has 7 heteroatoms. The van der Waals surface area contributed by atoms with Gasteiger partial charge in [0.2, 0.25) is 5.91 Å². The molecule has 0 aliphatic carbocycles. The predicted molar refractivity (Wildman–Crippen MR) is 109 cm³/mol. The summed E-state index contributed by atoms with van der Waals surface area (Å²) in [6.07, 6.45) is 0.635. The van der Waals surface area contributed by atoms with Crippen molar-refractivity contribution in [1.29, 1.82) is 0 Å². The number of hydrogen-bond acceptors (Lipinski definition) is 4. The van der Waals surface area contributed by atoms with Gasteiger partial charge in [0, 0.05) is 24.4 Å². The summed E-state index contributed by atoms with van der Waals surface area (Å²) in [6, 6.07) is 11.2. The molecule has 0 fully saturated rings. The molecule has 1 unspecified atom stereocenters. The van der Waals surface area contributed by atoms with E-state index in [0.717, 1.165) is 16.2 Å². The number of benzene rings is 1. The molecule has 2 heterocycles. The minimum Gasteiger partial charge on any atom is -0.336 e. The second-order valence-corrected chi connectivity index (χ2v) is 8.27. The Morgan fingerprint density at radius 3 is 2.59 bits per heavy atom. The van der Waals surface area contributed by atoms with E-state index in [1.54, 1.807) is 18.4 Å². The Balaban J connectivity index is 1.85. The van der Waals surface area contributed by atoms with Gasteiger partial charge in [-0.05, 0) is 29.1 Å². The molecule has 0 bridgehead atoms. The lowest BCUT2D eigenvalue weighted by atomic mass is 10.0. The molecule has 1 atom stereocenters. The molecule has 1 aliphatic rings. The average molecular weight is 404 g/mol. The number of thiophene rings is 1. The Kier molecular flexibility index (Phi) is 5.97. The number of likely N-dealkylation sites (N-methyl/N-ethyl adjacent to an activating group) is 1. The van der Waals surface area contributed by atoms with Crippen molar-refractivity contribution in [2.24, 2.45) is 11.0 Å². The summed E-state index contributed by atoms with van der Waals surface area (Å²) in [5.74, 6) is -0.412. The van der Waals surface area contributed by atoms with Crippen LogP contribution in [0.2, 0.25) is 5.02 Å². The summed E-state index contributed by atoms with van der Waals surface area (Å²) in [7, 11) is 1.65. The van der Waals surface area contributed by atoms with E-state index < -0.39 is 0 Å². The SMILES string of the molecule is CC(C)C(=O)N(C)CC(=O)N1N=C(c2cccs2)CC1c1ccc(Cl)cc1. The molecule has 0 radical (unpaired) electrons. The molecule has 2 amide bonds. The third-order valence-corrected chi connectivity index (χ3v) is 5.64. The quantitative estimate of drug-likeness (QED) is 0.751. The maximum atomic E-state index is 13.0. The largest absolute Gasteiger partial charge is 0.336 e. The molecule has 27 heavy (non-hydrogen) atoms.